The van der Waals surface area contributed by atoms with Crippen LogP contribution in [-0.2, 0) is 0 Å². The molecule has 24 heavy (non-hydrogen) atoms. The second kappa shape index (κ2) is 7.16. The molecule has 7 heteroatoms. The molecule has 0 saturated carbocycles. The van der Waals surface area contributed by atoms with Crippen molar-refractivity contribution in [1.29, 1.82) is 0 Å². The number of likely N-dealkylation sites (tertiary alicyclic amines) is 1. The first-order valence-corrected chi connectivity index (χ1v) is 7.80. The van der Waals surface area contributed by atoms with Crippen molar-refractivity contribution in [3.63, 3.8) is 0 Å². The van der Waals surface area contributed by atoms with E-state index >= 15 is 0 Å². The number of urea groups is 1. The molecule has 1 aromatic heterocycles. The smallest absolute Gasteiger partial charge is 0.323 e. The van der Waals surface area contributed by atoms with Crippen molar-refractivity contribution in [3.05, 3.63) is 42.1 Å². The maximum atomic E-state index is 12.6. The number of aromatic nitrogens is 2. The van der Waals surface area contributed by atoms with E-state index in [9.17, 15) is 4.79 Å². The summed E-state index contributed by atoms with van der Waals surface area (Å²) < 4.78 is 10.2. The summed E-state index contributed by atoms with van der Waals surface area (Å²) in [6, 6.07) is 9.58. The molecule has 2 amide bonds. The second-order valence-electron chi connectivity index (χ2n) is 5.48. The van der Waals surface area contributed by atoms with Crippen molar-refractivity contribution in [2.75, 3.05) is 26.1 Å². The first-order chi connectivity index (χ1) is 11.7. The average molecular weight is 328 g/mol. The molecule has 0 bridgehead atoms. The summed E-state index contributed by atoms with van der Waals surface area (Å²) in [5, 5.41) is 2.81. The molecule has 1 N–H and O–H groups in total. The Bertz CT molecular complexity index is 705. The van der Waals surface area contributed by atoms with Gasteiger partial charge in [-0.25, -0.2) is 9.78 Å². The lowest BCUT2D eigenvalue weighted by atomic mass is 10.0. The third kappa shape index (κ3) is 3.40. The zero-order valence-electron chi connectivity index (χ0n) is 13.7. The summed E-state index contributed by atoms with van der Waals surface area (Å²) in [5.41, 5.74) is 1.10. The number of benzene rings is 1. The molecule has 126 valence electrons. The van der Waals surface area contributed by atoms with Gasteiger partial charge in [-0.2, -0.15) is 4.98 Å². The Balaban J connectivity index is 1.72. The van der Waals surface area contributed by atoms with Gasteiger partial charge in [0.2, 0.25) is 0 Å². The molecule has 1 aliphatic rings. The molecule has 1 atom stereocenters. The predicted octanol–water partition coefficient (Wildman–Crippen LogP) is 2.86. The van der Waals surface area contributed by atoms with Gasteiger partial charge in [0.15, 0.2) is 0 Å². The van der Waals surface area contributed by atoms with Crippen LogP contribution in [-0.4, -0.2) is 41.7 Å². The Morgan fingerprint density at radius 1 is 1.21 bits per heavy atom. The number of methoxy groups -OCH3 is 2. The first-order valence-electron chi connectivity index (χ1n) is 7.80. The normalized spacial score (nSPS) is 16.8. The number of nitrogens with one attached hydrogen (secondary N) is 1. The highest BCUT2D eigenvalue weighted by molar-refractivity contribution is 5.88. The van der Waals surface area contributed by atoms with Crippen LogP contribution >= 0.6 is 0 Å². The number of rotatable bonds is 4. The van der Waals surface area contributed by atoms with Crippen LogP contribution in [0.15, 0.2) is 36.5 Å². The number of amides is 2. The lowest BCUT2D eigenvalue weighted by molar-refractivity contribution is 0.207. The van der Waals surface area contributed by atoms with Gasteiger partial charge in [0.25, 0.3) is 0 Å². The van der Waals surface area contributed by atoms with E-state index in [0.29, 0.717) is 12.4 Å². The largest absolute Gasteiger partial charge is 0.497 e. The maximum Gasteiger partial charge on any atom is 0.323 e. The van der Waals surface area contributed by atoms with Crippen molar-refractivity contribution >= 4 is 11.8 Å². The van der Waals surface area contributed by atoms with Crippen LogP contribution in [0.25, 0.3) is 0 Å². The SMILES string of the molecule is COc1ccc(C2CCCN2C(=O)Nc2ccnc(OC)n2)cc1. The minimum Gasteiger partial charge on any atom is -0.497 e. The van der Waals surface area contributed by atoms with Gasteiger partial charge in [-0.3, -0.25) is 5.32 Å². The minimum absolute atomic E-state index is 0.0552. The Kier molecular flexibility index (Phi) is 4.79. The molecular weight excluding hydrogens is 308 g/mol. The fourth-order valence-electron chi connectivity index (χ4n) is 2.87. The zero-order chi connectivity index (χ0) is 16.9. The lowest BCUT2D eigenvalue weighted by Gasteiger charge is -2.25. The van der Waals surface area contributed by atoms with Crippen molar-refractivity contribution in [1.82, 2.24) is 14.9 Å². The summed E-state index contributed by atoms with van der Waals surface area (Å²) >= 11 is 0. The van der Waals surface area contributed by atoms with Crippen molar-refractivity contribution in [2.24, 2.45) is 0 Å². The van der Waals surface area contributed by atoms with Gasteiger partial charge >= 0.3 is 12.0 Å². The van der Waals surface area contributed by atoms with E-state index in [4.69, 9.17) is 9.47 Å². The Hall–Kier alpha value is -2.83. The second-order valence-corrected chi connectivity index (χ2v) is 5.48. The number of carbonyl (C=O) groups excluding carboxylic acids is 1. The standard InChI is InChI=1S/C17H20N4O3/c1-23-13-7-5-12(6-8-13)14-4-3-11-21(14)17(22)20-15-9-10-18-16(19-15)24-2/h5-10,14H,3-4,11H2,1-2H3,(H,18,19,20,22). The van der Waals surface area contributed by atoms with Gasteiger partial charge in [-0.05, 0) is 36.6 Å². The van der Waals surface area contributed by atoms with Crippen LogP contribution in [0.2, 0.25) is 0 Å². The van der Waals surface area contributed by atoms with Gasteiger partial charge in [0, 0.05) is 12.7 Å². The van der Waals surface area contributed by atoms with E-state index in [1.54, 1.807) is 19.4 Å². The highest BCUT2D eigenvalue weighted by Gasteiger charge is 2.30. The number of nitrogens with zero attached hydrogens (tertiary/aromatic N) is 3. The fourth-order valence-corrected chi connectivity index (χ4v) is 2.87. The molecule has 0 radical (unpaired) electrons. The molecule has 2 aromatic rings. The Labute approximate surface area is 140 Å². The van der Waals surface area contributed by atoms with E-state index < -0.39 is 0 Å². The van der Waals surface area contributed by atoms with Gasteiger partial charge in [-0.1, -0.05) is 12.1 Å². The molecule has 1 unspecified atom stereocenters. The topological polar surface area (TPSA) is 76.6 Å². The molecule has 0 spiro atoms. The molecule has 3 rings (SSSR count). The van der Waals surface area contributed by atoms with Gasteiger partial charge in [0.05, 0.1) is 20.3 Å². The fraction of sp³-hybridized carbons (Fsp3) is 0.353. The monoisotopic (exact) mass is 328 g/mol. The number of hydrogen-bond acceptors (Lipinski definition) is 5. The van der Waals surface area contributed by atoms with Gasteiger partial charge < -0.3 is 14.4 Å². The van der Waals surface area contributed by atoms with Crippen LogP contribution in [0.5, 0.6) is 11.8 Å². The number of hydrogen-bond donors (Lipinski definition) is 1. The molecule has 1 aliphatic heterocycles. The van der Waals surface area contributed by atoms with Gasteiger partial charge in [0.1, 0.15) is 11.6 Å². The van der Waals surface area contributed by atoms with Crippen LogP contribution in [0.1, 0.15) is 24.4 Å². The number of anilines is 1. The quantitative estimate of drug-likeness (QED) is 0.934. The number of carbonyl (C=O) groups is 1. The first kappa shape index (κ1) is 16.0. The summed E-state index contributed by atoms with van der Waals surface area (Å²) in [6.45, 7) is 0.713. The van der Waals surface area contributed by atoms with Crippen LogP contribution in [0.4, 0.5) is 10.6 Å². The summed E-state index contributed by atoms with van der Waals surface area (Å²) in [7, 11) is 3.13. The van der Waals surface area contributed by atoms with Crippen LogP contribution < -0.4 is 14.8 Å². The van der Waals surface area contributed by atoms with Crippen LogP contribution in [0.3, 0.4) is 0 Å². The van der Waals surface area contributed by atoms with E-state index in [0.717, 1.165) is 24.2 Å². The summed E-state index contributed by atoms with van der Waals surface area (Å²) in [6.07, 6.45) is 3.45. The maximum absolute atomic E-state index is 12.6. The molecule has 1 aromatic carbocycles. The van der Waals surface area contributed by atoms with Gasteiger partial charge in [-0.15, -0.1) is 0 Å². The van der Waals surface area contributed by atoms with Crippen molar-refractivity contribution < 1.29 is 14.3 Å². The van der Waals surface area contributed by atoms with E-state index in [1.165, 1.54) is 7.11 Å². The molecule has 1 fully saturated rings. The molecule has 0 aliphatic carbocycles. The zero-order valence-corrected chi connectivity index (χ0v) is 13.7. The molecule has 1 saturated heterocycles. The molecule has 7 nitrogen and oxygen atoms in total. The highest BCUT2D eigenvalue weighted by atomic mass is 16.5. The van der Waals surface area contributed by atoms with Crippen molar-refractivity contribution in [2.45, 2.75) is 18.9 Å². The Morgan fingerprint density at radius 2 is 2.00 bits per heavy atom. The predicted molar refractivity (Wildman–Crippen MR) is 89.3 cm³/mol. The molecule has 2 heterocycles. The van der Waals surface area contributed by atoms with Crippen molar-refractivity contribution in [3.8, 4) is 11.8 Å². The lowest BCUT2D eigenvalue weighted by Crippen LogP contribution is -2.34. The summed E-state index contributed by atoms with van der Waals surface area (Å²) in [4.78, 5) is 22.5. The Morgan fingerprint density at radius 3 is 2.71 bits per heavy atom. The molecular formula is C17H20N4O3. The third-order valence-corrected chi connectivity index (χ3v) is 4.07. The summed E-state index contributed by atoms with van der Waals surface area (Å²) in [5.74, 6) is 1.23. The average Bonchev–Trinajstić information content (AvgIpc) is 3.12. The minimum atomic E-state index is -0.172. The van der Waals surface area contributed by atoms with E-state index in [-0.39, 0.29) is 18.1 Å². The third-order valence-electron chi connectivity index (χ3n) is 4.07. The number of ether oxygens (including phenoxy) is 2. The van der Waals surface area contributed by atoms with E-state index in [1.807, 2.05) is 29.2 Å². The van der Waals surface area contributed by atoms with Crippen LogP contribution in [0, 0.1) is 0 Å². The van der Waals surface area contributed by atoms with E-state index in [2.05, 4.69) is 15.3 Å². The highest BCUT2D eigenvalue weighted by Crippen LogP contribution is 2.33.